The van der Waals surface area contributed by atoms with E-state index in [9.17, 15) is 0 Å². The molecule has 1 fully saturated rings. The van der Waals surface area contributed by atoms with Crippen LogP contribution in [-0.2, 0) is 0 Å². The molecule has 1 saturated carbocycles. The van der Waals surface area contributed by atoms with Crippen molar-refractivity contribution in [3.63, 3.8) is 0 Å². The van der Waals surface area contributed by atoms with Crippen molar-refractivity contribution in [1.29, 1.82) is 0 Å². The van der Waals surface area contributed by atoms with Gasteiger partial charge < -0.3 is 19.6 Å². The van der Waals surface area contributed by atoms with Crippen molar-refractivity contribution in [3.8, 4) is 17.2 Å². The fourth-order valence-electron chi connectivity index (χ4n) is 2.59. The van der Waals surface area contributed by atoms with E-state index in [1.54, 1.807) is 21.3 Å². The lowest BCUT2D eigenvalue weighted by Crippen LogP contribution is -2.09. The highest BCUT2D eigenvalue weighted by Gasteiger charge is 2.27. The lowest BCUT2D eigenvalue weighted by Gasteiger charge is -2.17. The zero-order chi connectivity index (χ0) is 15.0. The molecule has 3 rings (SSSR count). The number of ether oxygens (including phenoxy) is 3. The van der Waals surface area contributed by atoms with Gasteiger partial charge in [0.05, 0.1) is 37.9 Å². The minimum absolute atomic E-state index is 0.528. The second kappa shape index (κ2) is 5.29. The normalized spacial score (nSPS) is 14.1. The van der Waals surface area contributed by atoms with E-state index in [2.05, 4.69) is 5.43 Å². The second-order valence-corrected chi connectivity index (χ2v) is 5.05. The Bertz CT molecular complexity index is 684. The summed E-state index contributed by atoms with van der Waals surface area (Å²) in [5.41, 5.74) is 5.34. The first-order valence-electron chi connectivity index (χ1n) is 6.83. The lowest BCUT2D eigenvalue weighted by molar-refractivity contribution is 0.327. The van der Waals surface area contributed by atoms with Crippen LogP contribution in [0.15, 0.2) is 12.1 Å². The van der Waals surface area contributed by atoms with Gasteiger partial charge >= 0.3 is 0 Å². The van der Waals surface area contributed by atoms with E-state index in [1.165, 1.54) is 12.8 Å². The first kappa shape index (κ1) is 13.8. The maximum absolute atomic E-state index is 5.69. The Hall–Kier alpha value is -2.21. The Labute approximate surface area is 123 Å². The Morgan fingerprint density at radius 2 is 1.81 bits per heavy atom. The molecule has 1 aromatic carbocycles. The quantitative estimate of drug-likeness (QED) is 0.650. The van der Waals surface area contributed by atoms with Crippen LogP contribution >= 0.6 is 0 Å². The van der Waals surface area contributed by atoms with Crippen LogP contribution in [0.1, 0.15) is 24.5 Å². The zero-order valence-electron chi connectivity index (χ0n) is 12.4. The van der Waals surface area contributed by atoms with Crippen LogP contribution in [0.4, 0.5) is 5.69 Å². The monoisotopic (exact) mass is 289 g/mol. The van der Waals surface area contributed by atoms with Crippen molar-refractivity contribution in [3.05, 3.63) is 17.8 Å². The SMILES string of the molecule is COc1cc2nc(C3CC3)cc(NN)c2c(OC)c1OC. The Morgan fingerprint density at radius 3 is 2.33 bits per heavy atom. The van der Waals surface area contributed by atoms with Crippen LogP contribution in [0.5, 0.6) is 17.2 Å². The molecule has 21 heavy (non-hydrogen) atoms. The predicted molar refractivity (Wildman–Crippen MR) is 81.2 cm³/mol. The van der Waals surface area contributed by atoms with Crippen molar-refractivity contribution >= 4 is 16.6 Å². The number of hydrazine groups is 1. The Kier molecular flexibility index (Phi) is 3.47. The predicted octanol–water partition coefficient (Wildman–Crippen LogP) is 2.42. The summed E-state index contributed by atoms with van der Waals surface area (Å²) in [5, 5.41) is 0.794. The van der Waals surface area contributed by atoms with Gasteiger partial charge in [-0.3, -0.25) is 10.8 Å². The van der Waals surface area contributed by atoms with E-state index in [1.807, 2.05) is 12.1 Å². The molecule has 0 aliphatic heterocycles. The van der Waals surface area contributed by atoms with Gasteiger partial charge in [0.15, 0.2) is 11.5 Å². The van der Waals surface area contributed by atoms with Crippen LogP contribution in [0, 0.1) is 0 Å². The summed E-state index contributed by atoms with van der Waals surface area (Å²) in [4.78, 5) is 4.73. The van der Waals surface area contributed by atoms with Crippen molar-refractivity contribution in [2.24, 2.45) is 5.84 Å². The van der Waals surface area contributed by atoms with Gasteiger partial charge in [-0.05, 0) is 18.9 Å². The number of hydrogen-bond acceptors (Lipinski definition) is 6. The molecule has 0 atom stereocenters. The fourth-order valence-corrected chi connectivity index (χ4v) is 2.59. The van der Waals surface area contributed by atoms with Crippen LogP contribution < -0.4 is 25.5 Å². The standard InChI is InChI=1S/C15H19N3O3/c1-19-12-7-10-13(15(21-3)14(12)20-2)11(18-16)6-9(17-10)8-4-5-8/h6-8H,4-5,16H2,1-3H3,(H,17,18). The van der Waals surface area contributed by atoms with Gasteiger partial charge in [0.2, 0.25) is 5.75 Å². The highest BCUT2D eigenvalue weighted by Crippen LogP contribution is 2.47. The third kappa shape index (κ3) is 2.21. The molecule has 112 valence electrons. The summed E-state index contributed by atoms with van der Waals surface area (Å²) >= 11 is 0. The number of nitrogen functional groups attached to an aromatic ring is 1. The summed E-state index contributed by atoms with van der Waals surface area (Å²) < 4.78 is 16.3. The second-order valence-electron chi connectivity index (χ2n) is 5.05. The molecule has 0 saturated heterocycles. The molecule has 1 aliphatic carbocycles. The summed E-state index contributed by atoms with van der Waals surface area (Å²) in [5.74, 6) is 7.90. The van der Waals surface area contributed by atoms with E-state index in [0.717, 1.165) is 22.3 Å². The number of nitrogens with two attached hydrogens (primary N) is 1. The molecule has 0 radical (unpaired) electrons. The maximum Gasteiger partial charge on any atom is 0.204 e. The number of fused-ring (bicyclic) bond motifs is 1. The molecule has 1 aliphatic rings. The van der Waals surface area contributed by atoms with Gasteiger partial charge in [0, 0.05) is 17.7 Å². The van der Waals surface area contributed by atoms with E-state index < -0.39 is 0 Å². The van der Waals surface area contributed by atoms with Crippen LogP contribution in [0.25, 0.3) is 10.9 Å². The number of nitrogens with one attached hydrogen (secondary N) is 1. The molecule has 1 aromatic heterocycles. The topological polar surface area (TPSA) is 78.6 Å². The van der Waals surface area contributed by atoms with E-state index in [0.29, 0.717) is 23.2 Å². The molecule has 0 bridgehead atoms. The van der Waals surface area contributed by atoms with Gasteiger partial charge in [0.1, 0.15) is 0 Å². The summed E-state index contributed by atoms with van der Waals surface area (Å²) in [7, 11) is 4.76. The van der Waals surface area contributed by atoms with Gasteiger partial charge in [-0.1, -0.05) is 0 Å². The highest BCUT2D eigenvalue weighted by atomic mass is 16.5. The summed E-state index contributed by atoms with van der Waals surface area (Å²) in [6, 6.07) is 3.83. The minimum Gasteiger partial charge on any atom is -0.493 e. The molecular weight excluding hydrogens is 270 g/mol. The van der Waals surface area contributed by atoms with Gasteiger partial charge in [-0.25, -0.2) is 0 Å². The van der Waals surface area contributed by atoms with E-state index in [4.69, 9.17) is 25.0 Å². The van der Waals surface area contributed by atoms with Crippen LogP contribution in [0.3, 0.4) is 0 Å². The van der Waals surface area contributed by atoms with Crippen molar-refractivity contribution in [2.75, 3.05) is 26.8 Å². The number of aromatic nitrogens is 1. The average Bonchev–Trinajstić information content (AvgIpc) is 3.36. The number of anilines is 1. The summed E-state index contributed by atoms with van der Waals surface area (Å²) in [6.07, 6.45) is 2.35. The molecule has 1 heterocycles. The molecule has 0 amide bonds. The third-order valence-electron chi connectivity index (χ3n) is 3.77. The number of rotatable bonds is 5. The summed E-state index contributed by atoms with van der Waals surface area (Å²) in [6.45, 7) is 0. The average molecular weight is 289 g/mol. The number of nitrogens with zero attached hydrogens (tertiary/aromatic N) is 1. The molecule has 0 unspecified atom stereocenters. The largest absolute Gasteiger partial charge is 0.493 e. The first-order valence-corrected chi connectivity index (χ1v) is 6.83. The first-order chi connectivity index (χ1) is 10.2. The highest BCUT2D eigenvalue weighted by molar-refractivity contribution is 6.00. The smallest absolute Gasteiger partial charge is 0.204 e. The fraction of sp³-hybridized carbons (Fsp3) is 0.400. The number of methoxy groups -OCH3 is 3. The molecule has 6 heteroatoms. The molecule has 6 nitrogen and oxygen atoms in total. The van der Waals surface area contributed by atoms with E-state index >= 15 is 0 Å². The van der Waals surface area contributed by atoms with Gasteiger partial charge in [-0.15, -0.1) is 0 Å². The molecular formula is C15H19N3O3. The Balaban J connectivity index is 2.34. The van der Waals surface area contributed by atoms with E-state index in [-0.39, 0.29) is 0 Å². The molecule has 3 N–H and O–H groups in total. The molecule has 0 spiro atoms. The van der Waals surface area contributed by atoms with Gasteiger partial charge in [0.25, 0.3) is 0 Å². The van der Waals surface area contributed by atoms with Crippen molar-refractivity contribution in [2.45, 2.75) is 18.8 Å². The van der Waals surface area contributed by atoms with Crippen LogP contribution in [-0.4, -0.2) is 26.3 Å². The minimum atomic E-state index is 0.528. The number of pyridine rings is 1. The zero-order valence-corrected chi connectivity index (χ0v) is 12.4. The van der Waals surface area contributed by atoms with Gasteiger partial charge in [-0.2, -0.15) is 0 Å². The lowest BCUT2D eigenvalue weighted by atomic mass is 10.1. The number of benzene rings is 1. The van der Waals surface area contributed by atoms with Crippen LogP contribution in [0.2, 0.25) is 0 Å². The number of hydrogen-bond donors (Lipinski definition) is 2. The molecule has 2 aromatic rings. The Morgan fingerprint density at radius 1 is 1.10 bits per heavy atom. The maximum atomic E-state index is 5.69. The van der Waals surface area contributed by atoms with Crippen molar-refractivity contribution < 1.29 is 14.2 Å². The van der Waals surface area contributed by atoms with Crippen molar-refractivity contribution in [1.82, 2.24) is 4.98 Å². The third-order valence-corrected chi connectivity index (χ3v) is 3.77.